The van der Waals surface area contributed by atoms with Gasteiger partial charge in [0.15, 0.2) is 5.82 Å². The van der Waals surface area contributed by atoms with Crippen LogP contribution in [0.1, 0.15) is 59.8 Å². The molecule has 2 aromatic heterocycles. The summed E-state index contributed by atoms with van der Waals surface area (Å²) in [4.78, 5) is 26.2. The first-order valence-electron chi connectivity index (χ1n) is 12.1. The van der Waals surface area contributed by atoms with Crippen molar-refractivity contribution in [2.45, 2.75) is 44.9 Å². The molecule has 2 aliphatic rings. The van der Waals surface area contributed by atoms with Gasteiger partial charge in [-0.25, -0.2) is 15.0 Å². The second-order valence-electron chi connectivity index (χ2n) is 10.2. The molecular formula is C28H28N6O. The van der Waals surface area contributed by atoms with Gasteiger partial charge in [0, 0.05) is 52.8 Å². The standard InChI is InChI=1S/C28H28N6O/c1-17-12-21-22(28(2,3)15-30-27(21)35)13-23(17)32-25-10-11-29-26(33-25)19-6-8-20(9-7-19)34-14-24(31-16-34)18-4-5-18/h6-14,16,18H,4-5,15H2,1-3H3,(H,30,35)(H,29,32,33). The minimum Gasteiger partial charge on any atom is -0.351 e. The van der Waals surface area contributed by atoms with Crippen molar-refractivity contribution >= 4 is 17.4 Å². The Bertz CT molecular complexity index is 1430. The van der Waals surface area contributed by atoms with Crippen LogP contribution in [0.5, 0.6) is 0 Å². The van der Waals surface area contributed by atoms with Crippen molar-refractivity contribution in [2.75, 3.05) is 11.9 Å². The number of anilines is 2. The smallest absolute Gasteiger partial charge is 0.251 e. The van der Waals surface area contributed by atoms with Crippen molar-refractivity contribution in [2.24, 2.45) is 0 Å². The van der Waals surface area contributed by atoms with Gasteiger partial charge in [-0.05, 0) is 73.4 Å². The van der Waals surface area contributed by atoms with E-state index in [1.54, 1.807) is 6.20 Å². The molecular weight excluding hydrogens is 436 g/mol. The SMILES string of the molecule is Cc1cc2c(cc1Nc1ccnc(-c3ccc(-n4cnc(C5CC5)c4)cc3)n1)C(C)(C)CNC2=O. The molecule has 0 unspecified atom stereocenters. The first-order chi connectivity index (χ1) is 16.9. The summed E-state index contributed by atoms with van der Waals surface area (Å²) in [6.45, 7) is 6.92. The molecule has 6 rings (SSSR count). The molecule has 0 radical (unpaired) electrons. The molecule has 3 heterocycles. The van der Waals surface area contributed by atoms with E-state index in [-0.39, 0.29) is 11.3 Å². The van der Waals surface area contributed by atoms with Crippen LogP contribution in [-0.2, 0) is 5.41 Å². The predicted octanol–water partition coefficient (Wildman–Crippen LogP) is 5.28. The molecule has 35 heavy (non-hydrogen) atoms. The molecule has 1 saturated carbocycles. The lowest BCUT2D eigenvalue weighted by Gasteiger charge is -2.33. The molecule has 0 saturated heterocycles. The Hall–Kier alpha value is -4.00. The maximum absolute atomic E-state index is 12.4. The summed E-state index contributed by atoms with van der Waals surface area (Å²) in [5.41, 5.74) is 6.78. The Labute approximate surface area is 204 Å². The molecule has 7 nitrogen and oxygen atoms in total. The number of amides is 1. The van der Waals surface area contributed by atoms with Crippen LogP contribution in [0.4, 0.5) is 11.5 Å². The van der Waals surface area contributed by atoms with Crippen LogP contribution in [0.3, 0.4) is 0 Å². The quantitative estimate of drug-likeness (QED) is 0.420. The molecule has 2 aromatic carbocycles. The maximum atomic E-state index is 12.4. The van der Waals surface area contributed by atoms with Gasteiger partial charge >= 0.3 is 0 Å². The zero-order valence-corrected chi connectivity index (χ0v) is 20.2. The highest BCUT2D eigenvalue weighted by Crippen LogP contribution is 2.39. The van der Waals surface area contributed by atoms with Gasteiger partial charge in [0.1, 0.15) is 5.82 Å². The lowest BCUT2D eigenvalue weighted by atomic mass is 9.78. The Morgan fingerprint density at radius 1 is 1.09 bits per heavy atom. The molecule has 0 bridgehead atoms. The van der Waals surface area contributed by atoms with Gasteiger partial charge in [0.2, 0.25) is 0 Å². The van der Waals surface area contributed by atoms with E-state index in [0.29, 0.717) is 24.1 Å². The number of hydrogen-bond acceptors (Lipinski definition) is 5. The van der Waals surface area contributed by atoms with Crippen molar-refractivity contribution in [1.82, 2.24) is 24.8 Å². The number of fused-ring (bicyclic) bond motifs is 1. The van der Waals surface area contributed by atoms with Crippen molar-refractivity contribution in [3.05, 3.63) is 83.6 Å². The molecule has 1 aliphatic heterocycles. The summed E-state index contributed by atoms with van der Waals surface area (Å²) in [5.74, 6) is 1.99. The van der Waals surface area contributed by atoms with E-state index in [0.717, 1.165) is 33.6 Å². The summed E-state index contributed by atoms with van der Waals surface area (Å²) < 4.78 is 2.07. The molecule has 1 aliphatic carbocycles. The van der Waals surface area contributed by atoms with E-state index in [1.165, 1.54) is 18.5 Å². The summed E-state index contributed by atoms with van der Waals surface area (Å²) in [5, 5.41) is 6.43. The van der Waals surface area contributed by atoms with E-state index in [9.17, 15) is 4.79 Å². The van der Waals surface area contributed by atoms with E-state index >= 15 is 0 Å². The number of aromatic nitrogens is 4. The lowest BCUT2D eigenvalue weighted by Crippen LogP contribution is -2.43. The molecule has 7 heteroatoms. The highest BCUT2D eigenvalue weighted by atomic mass is 16.1. The normalized spacial score (nSPS) is 16.5. The van der Waals surface area contributed by atoms with Gasteiger partial charge in [0.05, 0.1) is 12.0 Å². The monoisotopic (exact) mass is 464 g/mol. The zero-order valence-electron chi connectivity index (χ0n) is 20.2. The number of benzene rings is 2. The maximum Gasteiger partial charge on any atom is 0.251 e. The topological polar surface area (TPSA) is 84.7 Å². The number of hydrogen-bond donors (Lipinski definition) is 2. The van der Waals surface area contributed by atoms with Crippen LogP contribution in [-0.4, -0.2) is 32.0 Å². The molecule has 0 atom stereocenters. The molecule has 176 valence electrons. The summed E-state index contributed by atoms with van der Waals surface area (Å²) >= 11 is 0. The molecule has 2 N–H and O–H groups in total. The highest BCUT2D eigenvalue weighted by molar-refractivity contribution is 5.98. The van der Waals surface area contributed by atoms with E-state index in [4.69, 9.17) is 4.98 Å². The van der Waals surface area contributed by atoms with Crippen LogP contribution >= 0.6 is 0 Å². The van der Waals surface area contributed by atoms with Crippen LogP contribution in [0, 0.1) is 6.92 Å². The van der Waals surface area contributed by atoms with Gasteiger partial charge in [-0.3, -0.25) is 4.79 Å². The number of nitrogens with zero attached hydrogens (tertiary/aromatic N) is 4. The highest BCUT2D eigenvalue weighted by Gasteiger charge is 2.32. The van der Waals surface area contributed by atoms with Crippen LogP contribution < -0.4 is 10.6 Å². The summed E-state index contributed by atoms with van der Waals surface area (Å²) in [7, 11) is 0. The lowest BCUT2D eigenvalue weighted by molar-refractivity contribution is 0.0930. The van der Waals surface area contributed by atoms with Crippen molar-refractivity contribution in [1.29, 1.82) is 0 Å². The van der Waals surface area contributed by atoms with Crippen LogP contribution in [0.25, 0.3) is 17.1 Å². The third kappa shape index (κ3) is 4.07. The summed E-state index contributed by atoms with van der Waals surface area (Å²) in [6, 6.07) is 14.1. The summed E-state index contributed by atoms with van der Waals surface area (Å²) in [6.07, 6.45) is 8.27. The fraction of sp³-hybridized carbons (Fsp3) is 0.286. The molecule has 4 aromatic rings. The van der Waals surface area contributed by atoms with Gasteiger partial charge in [-0.2, -0.15) is 0 Å². The van der Waals surface area contributed by atoms with Crippen LogP contribution in [0.15, 0.2) is 61.2 Å². The zero-order chi connectivity index (χ0) is 24.2. The van der Waals surface area contributed by atoms with Gasteiger partial charge in [-0.1, -0.05) is 13.8 Å². The third-order valence-electron chi connectivity index (χ3n) is 6.97. The number of carbonyl (C=O) groups is 1. The first-order valence-corrected chi connectivity index (χ1v) is 12.1. The van der Waals surface area contributed by atoms with Crippen molar-refractivity contribution in [3.8, 4) is 17.1 Å². The Kier molecular flexibility index (Phi) is 4.95. The van der Waals surface area contributed by atoms with E-state index in [1.807, 2.05) is 37.5 Å². The number of aryl methyl sites for hydroxylation is 1. The molecule has 1 fully saturated rings. The van der Waals surface area contributed by atoms with E-state index < -0.39 is 0 Å². The Morgan fingerprint density at radius 3 is 2.66 bits per heavy atom. The first kappa shape index (κ1) is 21.5. The number of nitrogens with one attached hydrogen (secondary N) is 2. The average molecular weight is 465 g/mol. The molecule has 0 spiro atoms. The minimum atomic E-state index is -0.138. The van der Waals surface area contributed by atoms with E-state index in [2.05, 4.69) is 63.4 Å². The predicted molar refractivity (Wildman–Crippen MR) is 136 cm³/mol. The third-order valence-corrected chi connectivity index (χ3v) is 6.97. The second-order valence-corrected chi connectivity index (χ2v) is 10.2. The van der Waals surface area contributed by atoms with Crippen molar-refractivity contribution < 1.29 is 4.79 Å². The number of rotatable bonds is 5. The fourth-order valence-electron chi connectivity index (χ4n) is 4.64. The number of imidazole rings is 1. The van der Waals surface area contributed by atoms with Gasteiger partial charge in [-0.15, -0.1) is 0 Å². The Morgan fingerprint density at radius 2 is 1.89 bits per heavy atom. The molecule has 1 amide bonds. The van der Waals surface area contributed by atoms with Gasteiger partial charge in [0.25, 0.3) is 5.91 Å². The van der Waals surface area contributed by atoms with Gasteiger partial charge < -0.3 is 15.2 Å². The van der Waals surface area contributed by atoms with Crippen molar-refractivity contribution in [3.63, 3.8) is 0 Å². The number of carbonyl (C=O) groups excluding carboxylic acids is 1. The second kappa shape index (κ2) is 8.05. The minimum absolute atomic E-state index is 0.0128. The Balaban J connectivity index is 1.25. The largest absolute Gasteiger partial charge is 0.351 e. The average Bonchev–Trinajstić information content (AvgIpc) is 3.59. The fourth-order valence-corrected chi connectivity index (χ4v) is 4.64. The van der Waals surface area contributed by atoms with Crippen LogP contribution in [0.2, 0.25) is 0 Å².